The maximum Gasteiger partial charge on any atom is 2.00 e. The van der Waals surface area contributed by atoms with Crippen LogP contribution in [0.1, 0.15) is 52.0 Å². The summed E-state index contributed by atoms with van der Waals surface area (Å²) in [4.78, 5) is 56.0. The average Bonchev–Trinajstić information content (AvgIpc) is 2.23. The number of hydrogen-bond acceptors (Lipinski definition) is 12. The van der Waals surface area contributed by atoms with Crippen molar-refractivity contribution in [2.24, 2.45) is 0 Å². The Morgan fingerprint density at radius 3 is 0.613 bits per heavy atom. The Morgan fingerprint density at radius 2 is 0.613 bits per heavy atom. The van der Waals surface area contributed by atoms with Gasteiger partial charge in [-0.2, -0.15) is 19.2 Å². The van der Waals surface area contributed by atoms with Gasteiger partial charge in [-0.05, 0) is 0 Å². The molecule has 20 heteroatoms. The van der Waals surface area contributed by atoms with Gasteiger partial charge in [0.05, 0.1) is 9.65 Å². The molecule has 0 amide bonds. The standard InChI is InChI=1S/2CHO2.2CO2.7CH4.3Ca.HO2Si.O2Si.3H2O/c4*2-1-3;;;;;;;;;;;2*1-3-2;;;/h2*(H,2,3);;;7*1H4;;;;1H;;3*1H2/q2*-1;;;;;;;;;;3*+2;-1;;;;/p-3. The van der Waals surface area contributed by atoms with Crippen LogP contribution in [0.25, 0.3) is 0 Å². The Hall–Kier alpha value is 0.993. The van der Waals surface area contributed by atoms with Gasteiger partial charge in [-0.1, -0.05) is 64.9 Å². The van der Waals surface area contributed by atoms with Gasteiger partial charge in [-0.3, -0.25) is 8.92 Å². The number of hydrogen-bond donors (Lipinski definition) is 3. The Labute approximate surface area is 279 Å². The molecule has 0 rings (SSSR count). The van der Waals surface area contributed by atoms with Crippen LogP contribution < -0.4 is 0 Å². The van der Waals surface area contributed by atoms with Crippen LogP contribution in [0, 0.1) is 0 Å². The van der Waals surface area contributed by atoms with Gasteiger partial charge in [0.15, 0.2) is 0 Å². The van der Waals surface area contributed by atoms with Gasteiger partial charge in [0, 0.05) is 0 Å². The zero-order valence-corrected chi connectivity index (χ0v) is 20.1. The van der Waals surface area contributed by atoms with E-state index in [1.54, 1.807) is 0 Å². The maximum atomic E-state index is 8.51. The average molecular weight is 583 g/mol. The Balaban J connectivity index is -0.00000000303. The number of aliphatic hydroxyl groups excluding tert-OH is 2. The molecule has 0 aliphatic rings. The second-order valence-electron chi connectivity index (χ2n) is 0.524. The summed E-state index contributed by atoms with van der Waals surface area (Å²) in [5.41, 5.74) is 0. The molecule has 0 aliphatic heterocycles. The summed E-state index contributed by atoms with van der Waals surface area (Å²) in [5, 5.41) is 13.5. The molecular weight excluding hydrogens is 549 g/mol. The van der Waals surface area contributed by atoms with Crippen LogP contribution in [0.5, 0.6) is 0 Å². The van der Waals surface area contributed by atoms with Gasteiger partial charge in [0.1, 0.15) is 0 Å². The largest absolute Gasteiger partial charge is 2.00 e. The summed E-state index contributed by atoms with van der Waals surface area (Å²) in [6.07, 6.45) is 0.500. The number of carbonyl (C=O) groups excluding carboxylic acids is 4. The SMILES string of the molecule is C.C.C.C.C.C.C.O=C=O.O=C=O.O=[C-]O.O=[C-]O.O=[Si-]O.O=[Si]=O.[Ca+2].[Ca+2].[Ca+2].[OH-].[OH-].[OH-]. The molecule has 6 N–H and O–H groups in total. The second kappa shape index (κ2) is 570. The van der Waals surface area contributed by atoms with E-state index >= 15 is 0 Å². The molecule has 15 nitrogen and oxygen atoms in total. The fourth-order valence-corrected chi connectivity index (χ4v) is 0. The zero-order chi connectivity index (χ0) is 16.2. The predicted octanol–water partition coefficient (Wildman–Crippen LogP) is -0.839. The van der Waals surface area contributed by atoms with Gasteiger partial charge in [0.2, 0.25) is 0 Å². The van der Waals surface area contributed by atoms with Crippen LogP contribution in [0.15, 0.2) is 0 Å². The molecule has 0 heterocycles. The van der Waals surface area contributed by atoms with Crippen molar-refractivity contribution < 1.29 is 73.6 Å². The smallest absolute Gasteiger partial charge is 0.870 e. The van der Waals surface area contributed by atoms with Gasteiger partial charge in [-0.15, -0.1) is 0 Å². The van der Waals surface area contributed by atoms with Gasteiger partial charge < -0.3 is 45.5 Å². The molecule has 0 aliphatic carbocycles. The van der Waals surface area contributed by atoms with E-state index in [1.165, 1.54) is 0 Å². The van der Waals surface area contributed by atoms with E-state index in [9.17, 15) is 0 Å². The molecule has 0 radical (unpaired) electrons. The fourth-order valence-electron chi connectivity index (χ4n) is 0. The van der Waals surface area contributed by atoms with Crippen LogP contribution in [-0.4, -0.2) is 189 Å². The molecule has 0 aromatic heterocycles. The van der Waals surface area contributed by atoms with Crippen molar-refractivity contribution in [1.29, 1.82) is 0 Å². The van der Waals surface area contributed by atoms with Crippen molar-refractivity contribution in [3.63, 3.8) is 0 Å². The Morgan fingerprint density at radius 1 is 0.613 bits per heavy atom. The van der Waals surface area contributed by atoms with E-state index in [-0.39, 0.29) is 194 Å². The molecule has 0 unspecified atom stereocenters. The second-order valence-corrected chi connectivity index (χ2v) is 0.873. The third-order valence-electron chi connectivity index (χ3n) is 0. The predicted molar refractivity (Wildman–Crippen MR) is 113 cm³/mol. The van der Waals surface area contributed by atoms with Gasteiger partial charge in [0.25, 0.3) is 0 Å². The van der Waals surface area contributed by atoms with E-state index < -0.39 is 18.9 Å². The Bertz CT molecular complexity index is 228. The van der Waals surface area contributed by atoms with Crippen LogP contribution in [-0.2, 0) is 42.2 Å². The van der Waals surface area contributed by atoms with E-state index in [4.69, 9.17) is 57.2 Å². The number of rotatable bonds is 0. The van der Waals surface area contributed by atoms with Crippen LogP contribution in [0.4, 0.5) is 0 Å². The van der Waals surface area contributed by atoms with E-state index in [2.05, 4.69) is 0 Å². The van der Waals surface area contributed by atoms with Gasteiger partial charge >= 0.3 is 135 Å². The van der Waals surface area contributed by atoms with Crippen molar-refractivity contribution in [2.75, 3.05) is 0 Å². The first-order valence-corrected chi connectivity index (χ1v) is 4.18. The molecule has 31 heavy (non-hydrogen) atoms. The van der Waals surface area contributed by atoms with E-state index in [0.29, 0.717) is 12.9 Å². The summed E-state index contributed by atoms with van der Waals surface area (Å²) in [6.45, 7) is 1.00. The normalized spacial score (nSPS) is 1.94. The summed E-state index contributed by atoms with van der Waals surface area (Å²) in [6, 6.07) is 0. The molecule has 0 saturated heterocycles. The minimum Gasteiger partial charge on any atom is -0.870 e. The first-order chi connectivity index (χ1) is 8.49. The third kappa shape index (κ3) is 26400. The molecule has 0 aromatic rings. The molecule has 182 valence electrons. The molecular formula is C11H34Ca3O15Si2. The summed E-state index contributed by atoms with van der Waals surface area (Å²) in [7, 11) is -2.58. The van der Waals surface area contributed by atoms with E-state index in [0.717, 1.165) is 0 Å². The molecule has 0 bridgehead atoms. The first-order valence-electron chi connectivity index (χ1n) is 2.51. The van der Waals surface area contributed by atoms with Crippen LogP contribution in [0.3, 0.4) is 0 Å². The minimum atomic E-state index is -1.42. The monoisotopic (exact) mass is 582 g/mol. The van der Waals surface area contributed by atoms with Crippen molar-refractivity contribution >= 4 is 157 Å². The summed E-state index contributed by atoms with van der Waals surface area (Å²) in [5.74, 6) is 0. The van der Waals surface area contributed by atoms with Crippen molar-refractivity contribution in [1.82, 2.24) is 0 Å². The first kappa shape index (κ1) is 182. The summed E-state index contributed by atoms with van der Waals surface area (Å²) < 4.78 is 25.3. The van der Waals surface area contributed by atoms with Gasteiger partial charge in [-0.25, -0.2) is 0 Å². The van der Waals surface area contributed by atoms with Crippen molar-refractivity contribution in [3.05, 3.63) is 0 Å². The Kier molecular flexibility index (Phi) is 3350. The molecule has 0 fully saturated rings. The molecule has 0 atom stereocenters. The van der Waals surface area contributed by atoms with Crippen LogP contribution in [0.2, 0.25) is 0 Å². The van der Waals surface area contributed by atoms with Crippen molar-refractivity contribution in [3.8, 4) is 0 Å². The molecule has 0 aromatic carbocycles. The topological polar surface area (TPSA) is 304 Å². The fraction of sp³-hybridized carbons (Fsp3) is 0.636. The minimum absolute atomic E-state index is 0. The van der Waals surface area contributed by atoms with Crippen LogP contribution >= 0.6 is 0 Å². The maximum absolute atomic E-state index is 8.51. The van der Waals surface area contributed by atoms with Crippen molar-refractivity contribution in [2.45, 2.75) is 52.0 Å². The molecule has 0 saturated carbocycles. The zero-order valence-electron chi connectivity index (χ0n) is 11.5. The molecule has 0 spiro atoms. The third-order valence-corrected chi connectivity index (χ3v) is 0. The van der Waals surface area contributed by atoms with E-state index in [1.807, 2.05) is 0 Å². The quantitative estimate of drug-likeness (QED) is 0.231. The summed E-state index contributed by atoms with van der Waals surface area (Å²) >= 11 is 0.